The van der Waals surface area contributed by atoms with Crippen molar-refractivity contribution in [2.24, 2.45) is 23.7 Å². The van der Waals surface area contributed by atoms with E-state index in [2.05, 4.69) is 11.5 Å². The van der Waals surface area contributed by atoms with Gasteiger partial charge in [0.1, 0.15) is 5.75 Å². The summed E-state index contributed by atoms with van der Waals surface area (Å²) in [5.41, 5.74) is 5.82. The number of fused-ring (bicyclic) bond motifs is 5. The zero-order valence-electron chi connectivity index (χ0n) is 25.5. The van der Waals surface area contributed by atoms with Crippen LogP contribution in [0.4, 0.5) is 5.69 Å². The highest BCUT2D eigenvalue weighted by Crippen LogP contribution is 2.64. The third-order valence-electron chi connectivity index (χ3n) is 10.9. The van der Waals surface area contributed by atoms with Gasteiger partial charge in [0, 0.05) is 18.4 Å². The van der Waals surface area contributed by atoms with Crippen molar-refractivity contribution in [3.05, 3.63) is 119 Å². The molecule has 0 radical (unpaired) electrons. The molecule has 8 heteroatoms. The number of allylic oxidation sites excluding steroid dienone is 2. The number of benzene rings is 4. The van der Waals surface area contributed by atoms with Crippen molar-refractivity contribution in [3.8, 4) is 5.75 Å². The second kappa shape index (κ2) is 10.1. The predicted molar refractivity (Wildman–Crippen MR) is 172 cm³/mol. The molecular formula is C38H33N3O5. The van der Waals surface area contributed by atoms with Crippen LogP contribution in [0.15, 0.2) is 103 Å². The summed E-state index contributed by atoms with van der Waals surface area (Å²) >= 11 is 0. The fraction of sp³-hybridized carbons (Fsp3) is 0.263. The molecule has 0 aromatic heterocycles. The first-order chi connectivity index (χ1) is 22.2. The number of hydrogen-bond donors (Lipinski definition) is 2. The standard InChI is InChI=1S/C38H33N3O5/c1-21-12-14-23(15-13-21)39-41-35(44)30-20-29-27(16-17-28-32(29)36(45)40(2)34(28)43)33(38(30,37(41)46)22-8-4-3-5-9-22)26-18-19-31(42)25-11-7-6-10-24(25)26/h3-16,18-19,28-30,32-33,39,42H,17,20H2,1-2H3. The van der Waals surface area contributed by atoms with Gasteiger partial charge in [-0.05, 0) is 60.4 Å². The number of nitrogens with zero attached hydrogens (tertiary/aromatic N) is 2. The summed E-state index contributed by atoms with van der Waals surface area (Å²) in [4.78, 5) is 58.1. The molecule has 2 aliphatic carbocycles. The highest BCUT2D eigenvalue weighted by atomic mass is 16.3. The maximum absolute atomic E-state index is 15.2. The van der Waals surface area contributed by atoms with Gasteiger partial charge in [0.2, 0.25) is 11.8 Å². The number of rotatable bonds is 4. The van der Waals surface area contributed by atoms with Crippen LogP contribution in [-0.4, -0.2) is 45.7 Å². The number of carbonyl (C=O) groups excluding carboxylic acids is 4. The number of nitrogens with one attached hydrogen (secondary N) is 1. The molecule has 6 unspecified atom stereocenters. The predicted octanol–water partition coefficient (Wildman–Crippen LogP) is 5.47. The van der Waals surface area contributed by atoms with Crippen LogP contribution < -0.4 is 5.43 Å². The van der Waals surface area contributed by atoms with Crippen molar-refractivity contribution in [2.75, 3.05) is 12.5 Å². The number of likely N-dealkylation sites (tertiary alicyclic amines) is 1. The Morgan fingerprint density at radius 2 is 1.48 bits per heavy atom. The van der Waals surface area contributed by atoms with Gasteiger partial charge in [0.05, 0.1) is 28.9 Å². The molecule has 8 rings (SSSR count). The van der Waals surface area contributed by atoms with Crippen molar-refractivity contribution in [2.45, 2.75) is 31.1 Å². The smallest absolute Gasteiger partial charge is 0.260 e. The Kier molecular flexibility index (Phi) is 6.23. The molecule has 2 N–H and O–H groups in total. The number of anilines is 1. The molecule has 0 spiro atoms. The average Bonchev–Trinajstić information content (AvgIpc) is 3.43. The Balaban J connectivity index is 1.41. The van der Waals surface area contributed by atoms with Crippen LogP contribution in [0.25, 0.3) is 10.8 Å². The number of carbonyl (C=O) groups is 4. The van der Waals surface area contributed by atoms with E-state index in [-0.39, 0.29) is 35.8 Å². The lowest BCUT2D eigenvalue weighted by atomic mass is 9.49. The van der Waals surface area contributed by atoms with Gasteiger partial charge in [0.25, 0.3) is 11.8 Å². The monoisotopic (exact) mass is 611 g/mol. The van der Waals surface area contributed by atoms with E-state index in [1.54, 1.807) is 6.07 Å². The minimum absolute atomic E-state index is 0.115. The summed E-state index contributed by atoms with van der Waals surface area (Å²) in [5, 5.41) is 13.5. The van der Waals surface area contributed by atoms with Crippen molar-refractivity contribution in [1.82, 2.24) is 9.91 Å². The van der Waals surface area contributed by atoms with Crippen LogP contribution >= 0.6 is 0 Å². The van der Waals surface area contributed by atoms with E-state index in [9.17, 15) is 19.5 Å². The van der Waals surface area contributed by atoms with Gasteiger partial charge in [-0.25, -0.2) is 0 Å². The number of aromatic hydroxyl groups is 1. The van der Waals surface area contributed by atoms with Crippen molar-refractivity contribution in [3.63, 3.8) is 0 Å². The first kappa shape index (κ1) is 28.2. The summed E-state index contributed by atoms with van der Waals surface area (Å²) in [7, 11) is 1.53. The van der Waals surface area contributed by atoms with Gasteiger partial charge >= 0.3 is 0 Å². The second-order valence-corrected chi connectivity index (χ2v) is 13.0. The van der Waals surface area contributed by atoms with Gasteiger partial charge < -0.3 is 5.11 Å². The molecule has 2 heterocycles. The molecule has 230 valence electrons. The molecule has 4 aromatic carbocycles. The first-order valence-electron chi connectivity index (χ1n) is 15.7. The van der Waals surface area contributed by atoms with Crippen molar-refractivity contribution < 1.29 is 24.3 Å². The van der Waals surface area contributed by atoms with E-state index in [4.69, 9.17) is 0 Å². The molecule has 8 nitrogen and oxygen atoms in total. The molecule has 3 fully saturated rings. The molecule has 4 amide bonds. The average molecular weight is 612 g/mol. The maximum Gasteiger partial charge on any atom is 0.260 e. The summed E-state index contributed by atoms with van der Waals surface area (Å²) in [6.45, 7) is 1.97. The summed E-state index contributed by atoms with van der Waals surface area (Å²) < 4.78 is 0. The molecule has 6 atom stereocenters. The van der Waals surface area contributed by atoms with Crippen molar-refractivity contribution in [1.29, 1.82) is 0 Å². The number of imide groups is 2. The van der Waals surface area contributed by atoms with E-state index >= 15 is 4.79 Å². The Labute approximate surface area is 266 Å². The van der Waals surface area contributed by atoms with Crippen LogP contribution in [0.2, 0.25) is 0 Å². The van der Waals surface area contributed by atoms with Crippen LogP contribution in [0.3, 0.4) is 0 Å². The Bertz CT molecular complexity index is 1990. The Morgan fingerprint density at radius 1 is 0.783 bits per heavy atom. The summed E-state index contributed by atoms with van der Waals surface area (Å²) in [6, 6.07) is 28.0. The SMILES string of the molecule is Cc1ccc(NN2C(=O)C3CC4C(=CCC5C(=O)N(C)C(=O)C54)C(c4ccc(O)c5ccccc45)C3(c3ccccc3)C2=O)cc1. The number of phenols is 1. The highest BCUT2D eigenvalue weighted by Gasteiger charge is 2.70. The van der Waals surface area contributed by atoms with Crippen LogP contribution in [0.5, 0.6) is 5.75 Å². The fourth-order valence-electron chi connectivity index (χ4n) is 8.81. The molecule has 2 aliphatic heterocycles. The number of hydrogen-bond acceptors (Lipinski definition) is 6. The zero-order chi connectivity index (χ0) is 31.9. The third-order valence-corrected chi connectivity index (χ3v) is 10.9. The Morgan fingerprint density at radius 3 is 2.22 bits per heavy atom. The number of phenolic OH excluding ortho intramolecular Hbond substituents is 1. The van der Waals surface area contributed by atoms with E-state index < -0.39 is 35.0 Å². The number of amides is 4. The Hall–Kier alpha value is -5.24. The first-order valence-corrected chi connectivity index (χ1v) is 15.7. The molecule has 46 heavy (non-hydrogen) atoms. The maximum atomic E-state index is 15.2. The quantitative estimate of drug-likeness (QED) is 0.234. The lowest BCUT2D eigenvalue weighted by Crippen LogP contribution is -2.53. The van der Waals surface area contributed by atoms with Crippen LogP contribution in [0, 0.1) is 30.6 Å². The second-order valence-electron chi connectivity index (χ2n) is 13.0. The summed E-state index contributed by atoms with van der Waals surface area (Å²) in [6.07, 6.45) is 2.68. The van der Waals surface area contributed by atoms with Gasteiger partial charge in [-0.1, -0.05) is 90.0 Å². The van der Waals surface area contributed by atoms with Crippen LogP contribution in [-0.2, 0) is 24.6 Å². The molecule has 0 bridgehead atoms. The van der Waals surface area contributed by atoms with E-state index in [0.717, 1.165) is 22.1 Å². The molecule has 4 aliphatic rings. The fourth-order valence-corrected chi connectivity index (χ4v) is 8.81. The minimum Gasteiger partial charge on any atom is -0.507 e. The topological polar surface area (TPSA) is 107 Å². The minimum atomic E-state index is -1.36. The molecule has 2 saturated heterocycles. The zero-order valence-corrected chi connectivity index (χ0v) is 25.5. The highest BCUT2D eigenvalue weighted by molar-refractivity contribution is 6.13. The van der Waals surface area contributed by atoms with Crippen LogP contribution in [0.1, 0.15) is 35.4 Å². The molecule has 1 saturated carbocycles. The van der Waals surface area contributed by atoms with Gasteiger partial charge in [-0.2, -0.15) is 5.01 Å². The third kappa shape index (κ3) is 3.73. The summed E-state index contributed by atoms with van der Waals surface area (Å²) in [5.74, 6) is -4.07. The van der Waals surface area contributed by atoms with Gasteiger partial charge in [0.15, 0.2) is 0 Å². The number of hydrazine groups is 1. The van der Waals surface area contributed by atoms with Crippen molar-refractivity contribution >= 4 is 40.1 Å². The largest absolute Gasteiger partial charge is 0.507 e. The normalized spacial score (nSPS) is 28.7. The van der Waals surface area contributed by atoms with E-state index in [1.165, 1.54) is 17.0 Å². The van der Waals surface area contributed by atoms with Gasteiger partial charge in [-0.15, -0.1) is 0 Å². The number of aryl methyl sites for hydroxylation is 1. The molecular weight excluding hydrogens is 578 g/mol. The van der Waals surface area contributed by atoms with E-state index in [0.29, 0.717) is 23.1 Å². The lowest BCUT2D eigenvalue weighted by molar-refractivity contribution is -0.140. The lowest BCUT2D eigenvalue weighted by Gasteiger charge is -2.51. The molecule has 4 aromatic rings. The van der Waals surface area contributed by atoms with Gasteiger partial charge in [-0.3, -0.25) is 29.5 Å². The van der Waals surface area contributed by atoms with E-state index in [1.807, 2.05) is 91.9 Å².